The lowest BCUT2D eigenvalue weighted by Gasteiger charge is -2.28. The lowest BCUT2D eigenvalue weighted by molar-refractivity contribution is -0.129. The fourth-order valence-corrected chi connectivity index (χ4v) is 4.58. The summed E-state index contributed by atoms with van der Waals surface area (Å²) in [4.78, 5) is 15.1. The zero-order chi connectivity index (χ0) is 22.6. The van der Waals surface area contributed by atoms with Gasteiger partial charge in [-0.1, -0.05) is 36.4 Å². The molecular formula is C24H30N2O4S. The van der Waals surface area contributed by atoms with Gasteiger partial charge in [0.2, 0.25) is 15.9 Å². The molecular weight excluding hydrogens is 412 g/mol. The molecule has 1 unspecified atom stereocenters. The van der Waals surface area contributed by atoms with Gasteiger partial charge < -0.3 is 9.64 Å². The molecule has 7 heteroatoms. The average Bonchev–Trinajstić information content (AvgIpc) is 3.61. The highest BCUT2D eigenvalue weighted by Gasteiger charge is 2.33. The summed E-state index contributed by atoms with van der Waals surface area (Å²) in [6.07, 6.45) is 5.48. The van der Waals surface area contributed by atoms with Crippen LogP contribution in [0, 0.1) is 5.92 Å². The highest BCUT2D eigenvalue weighted by atomic mass is 32.2. The summed E-state index contributed by atoms with van der Waals surface area (Å²) in [7, 11) is 0.707. The van der Waals surface area contributed by atoms with Crippen molar-refractivity contribution in [1.82, 2.24) is 9.21 Å². The number of ether oxygens (including phenoxy) is 1. The van der Waals surface area contributed by atoms with E-state index in [0.717, 1.165) is 22.7 Å². The fourth-order valence-electron chi connectivity index (χ4n) is 3.49. The molecule has 0 aromatic heterocycles. The van der Waals surface area contributed by atoms with Gasteiger partial charge in [-0.25, -0.2) is 12.7 Å². The molecule has 0 heterocycles. The van der Waals surface area contributed by atoms with Gasteiger partial charge >= 0.3 is 0 Å². The summed E-state index contributed by atoms with van der Waals surface area (Å²) in [5.41, 5.74) is 1.70. The maximum atomic E-state index is 13.1. The van der Waals surface area contributed by atoms with Crippen molar-refractivity contribution in [2.24, 2.45) is 5.92 Å². The second-order valence-corrected chi connectivity index (χ2v) is 10.2. The molecule has 0 spiro atoms. The summed E-state index contributed by atoms with van der Waals surface area (Å²) in [6.45, 7) is 2.64. The van der Waals surface area contributed by atoms with E-state index >= 15 is 0 Å². The molecule has 1 amide bonds. The van der Waals surface area contributed by atoms with Crippen LogP contribution in [-0.2, 0) is 21.4 Å². The van der Waals surface area contributed by atoms with Crippen molar-refractivity contribution in [3.63, 3.8) is 0 Å². The van der Waals surface area contributed by atoms with Crippen LogP contribution >= 0.6 is 0 Å². The predicted octanol–water partition coefficient (Wildman–Crippen LogP) is 3.79. The van der Waals surface area contributed by atoms with E-state index in [9.17, 15) is 13.2 Å². The first-order chi connectivity index (χ1) is 14.7. The Bertz CT molecular complexity index is 1040. The number of rotatable bonds is 9. The third-order valence-electron chi connectivity index (χ3n) is 5.64. The summed E-state index contributed by atoms with van der Waals surface area (Å²) in [6, 6.07) is 15.0. The minimum absolute atomic E-state index is 0.0714. The van der Waals surface area contributed by atoms with Crippen LogP contribution in [0.15, 0.2) is 59.5 Å². The monoisotopic (exact) mass is 442 g/mol. The highest BCUT2D eigenvalue weighted by Crippen LogP contribution is 2.36. The highest BCUT2D eigenvalue weighted by molar-refractivity contribution is 7.89. The van der Waals surface area contributed by atoms with E-state index in [2.05, 4.69) is 6.92 Å². The fraction of sp³-hybridized carbons (Fsp3) is 0.375. The van der Waals surface area contributed by atoms with Crippen LogP contribution < -0.4 is 4.74 Å². The van der Waals surface area contributed by atoms with Crippen LogP contribution in [0.3, 0.4) is 0 Å². The Balaban J connectivity index is 1.85. The third-order valence-corrected chi connectivity index (χ3v) is 7.48. The van der Waals surface area contributed by atoms with E-state index in [4.69, 9.17) is 4.74 Å². The molecule has 166 valence electrons. The molecule has 0 saturated heterocycles. The van der Waals surface area contributed by atoms with Crippen molar-refractivity contribution >= 4 is 22.0 Å². The number of nitrogens with zero attached hydrogens (tertiary/aromatic N) is 2. The van der Waals surface area contributed by atoms with Gasteiger partial charge in [-0.3, -0.25) is 4.79 Å². The second kappa shape index (κ2) is 9.66. The van der Waals surface area contributed by atoms with Crippen LogP contribution in [0.4, 0.5) is 0 Å². The topological polar surface area (TPSA) is 66.9 Å². The molecule has 2 aromatic carbocycles. The molecule has 1 saturated carbocycles. The quantitative estimate of drug-likeness (QED) is 0.554. The number of benzene rings is 2. The third kappa shape index (κ3) is 5.54. The van der Waals surface area contributed by atoms with Gasteiger partial charge in [-0.05, 0) is 55.0 Å². The molecule has 1 fully saturated rings. The number of amides is 1. The van der Waals surface area contributed by atoms with Crippen molar-refractivity contribution in [3.05, 3.63) is 65.7 Å². The molecule has 3 rings (SSSR count). The number of sulfonamides is 1. The molecule has 0 bridgehead atoms. The van der Waals surface area contributed by atoms with E-state index < -0.39 is 10.0 Å². The van der Waals surface area contributed by atoms with Gasteiger partial charge in [0.1, 0.15) is 10.6 Å². The maximum Gasteiger partial charge on any atom is 0.247 e. The van der Waals surface area contributed by atoms with Crippen LogP contribution in [0.5, 0.6) is 5.75 Å². The predicted molar refractivity (Wildman–Crippen MR) is 122 cm³/mol. The number of carbonyl (C=O) groups excluding carboxylic acids is 1. The van der Waals surface area contributed by atoms with Crippen LogP contribution in [0.1, 0.15) is 30.9 Å². The SMILES string of the molecule is COc1ccc(/C=C/C(=O)N(Cc2ccccc2)C(C)C2CC2)cc1S(=O)(=O)N(C)C. The Kier molecular flexibility index (Phi) is 7.18. The van der Waals surface area contributed by atoms with Gasteiger partial charge in [0.25, 0.3) is 0 Å². The van der Waals surface area contributed by atoms with Crippen LogP contribution in [0.2, 0.25) is 0 Å². The average molecular weight is 443 g/mol. The number of hydrogen-bond acceptors (Lipinski definition) is 4. The van der Waals surface area contributed by atoms with Gasteiger partial charge in [0.05, 0.1) is 7.11 Å². The Morgan fingerprint density at radius 1 is 1.16 bits per heavy atom. The van der Waals surface area contributed by atoms with Crippen molar-refractivity contribution in [2.75, 3.05) is 21.2 Å². The van der Waals surface area contributed by atoms with E-state index in [0.29, 0.717) is 18.0 Å². The summed E-state index contributed by atoms with van der Waals surface area (Å²) in [5, 5.41) is 0. The number of methoxy groups -OCH3 is 1. The summed E-state index contributed by atoms with van der Waals surface area (Å²) >= 11 is 0. The smallest absolute Gasteiger partial charge is 0.247 e. The normalized spacial score (nSPS) is 15.3. The minimum atomic E-state index is -3.68. The van der Waals surface area contributed by atoms with E-state index in [1.807, 2.05) is 35.2 Å². The van der Waals surface area contributed by atoms with E-state index in [1.54, 1.807) is 18.2 Å². The Hall–Kier alpha value is -2.64. The zero-order valence-corrected chi connectivity index (χ0v) is 19.3. The van der Waals surface area contributed by atoms with Crippen molar-refractivity contribution in [3.8, 4) is 5.75 Å². The first-order valence-corrected chi connectivity index (χ1v) is 11.8. The van der Waals surface area contributed by atoms with Gasteiger partial charge in [0, 0.05) is 32.8 Å². The molecule has 0 radical (unpaired) electrons. The molecule has 1 atom stereocenters. The Morgan fingerprint density at radius 3 is 2.42 bits per heavy atom. The van der Waals surface area contributed by atoms with Crippen LogP contribution in [-0.4, -0.2) is 50.8 Å². The van der Waals surface area contributed by atoms with Crippen LogP contribution in [0.25, 0.3) is 6.08 Å². The standard InChI is InChI=1S/C24H30N2O4S/c1-18(21-12-13-21)26(17-20-8-6-5-7-9-20)24(27)15-11-19-10-14-22(30-4)23(16-19)31(28,29)25(2)3/h5-11,14-16,18,21H,12-13,17H2,1-4H3/b15-11+. The Labute approximate surface area is 185 Å². The van der Waals surface area contributed by atoms with Gasteiger partial charge in [0.15, 0.2) is 0 Å². The van der Waals surface area contributed by atoms with E-state index in [1.165, 1.54) is 33.3 Å². The number of carbonyl (C=O) groups is 1. The minimum Gasteiger partial charge on any atom is -0.495 e. The molecule has 0 aliphatic heterocycles. The zero-order valence-electron chi connectivity index (χ0n) is 18.5. The first kappa shape index (κ1) is 23.0. The number of hydrogen-bond donors (Lipinski definition) is 0. The van der Waals surface area contributed by atoms with Crippen molar-refractivity contribution < 1.29 is 17.9 Å². The van der Waals surface area contributed by atoms with Crippen molar-refractivity contribution in [2.45, 2.75) is 37.2 Å². The van der Waals surface area contributed by atoms with Crippen molar-refractivity contribution in [1.29, 1.82) is 0 Å². The molecule has 0 N–H and O–H groups in total. The summed E-state index contributed by atoms with van der Waals surface area (Å²) < 4.78 is 31.6. The van der Waals surface area contributed by atoms with E-state index in [-0.39, 0.29) is 22.6 Å². The summed E-state index contributed by atoms with van der Waals surface area (Å²) in [5.74, 6) is 0.722. The molecule has 6 nitrogen and oxygen atoms in total. The molecule has 31 heavy (non-hydrogen) atoms. The molecule has 2 aromatic rings. The lowest BCUT2D eigenvalue weighted by atomic mass is 10.1. The Morgan fingerprint density at radius 2 is 1.84 bits per heavy atom. The van der Waals surface area contributed by atoms with Gasteiger partial charge in [-0.15, -0.1) is 0 Å². The van der Waals surface area contributed by atoms with Gasteiger partial charge in [-0.2, -0.15) is 0 Å². The maximum absolute atomic E-state index is 13.1. The first-order valence-electron chi connectivity index (χ1n) is 10.4. The molecule has 1 aliphatic rings. The second-order valence-electron chi connectivity index (χ2n) is 8.06. The molecule has 1 aliphatic carbocycles. The largest absolute Gasteiger partial charge is 0.495 e. The lowest BCUT2D eigenvalue weighted by Crippen LogP contribution is -2.38.